The number of hydrogen-bond acceptors (Lipinski definition) is 6. The van der Waals surface area contributed by atoms with E-state index in [1.165, 1.54) is 5.56 Å². The summed E-state index contributed by atoms with van der Waals surface area (Å²) in [6, 6.07) is 8.27. The molecule has 0 bridgehead atoms. The van der Waals surface area contributed by atoms with E-state index < -0.39 is 0 Å². The summed E-state index contributed by atoms with van der Waals surface area (Å²) < 4.78 is 7.15. The number of unbranched alkanes of at least 4 members (excludes halogenated alkanes) is 1. The first-order valence-corrected chi connectivity index (χ1v) is 9.55. The average Bonchev–Trinajstić information content (AvgIpc) is 3.36. The first-order chi connectivity index (χ1) is 13.7. The summed E-state index contributed by atoms with van der Waals surface area (Å²) in [5, 5.41) is 10.3. The lowest BCUT2D eigenvalue weighted by atomic mass is 10.1. The minimum atomic E-state index is 0.649. The first-order valence-electron chi connectivity index (χ1n) is 9.55. The van der Waals surface area contributed by atoms with Crippen molar-refractivity contribution in [3.63, 3.8) is 0 Å². The summed E-state index contributed by atoms with van der Waals surface area (Å²) in [5.74, 6) is 1.35. The van der Waals surface area contributed by atoms with Gasteiger partial charge >= 0.3 is 0 Å². The van der Waals surface area contributed by atoms with Crippen LogP contribution < -0.4 is 10.4 Å². The van der Waals surface area contributed by atoms with Crippen molar-refractivity contribution in [3.05, 3.63) is 72.2 Å². The van der Waals surface area contributed by atoms with Crippen molar-refractivity contribution < 1.29 is 4.52 Å². The van der Waals surface area contributed by atoms with Crippen LogP contribution in [-0.4, -0.2) is 19.9 Å². The number of hydrazine groups is 1. The standard InChI is InChI=1S/C21H24N6O/c1-3-4-10-20-23-21(25-28-20)17-8-5-7-16(12-17)13-18-9-6-11-27(24-18)19-14-22-26(2)15-19/h5-9,11-12,14-15,24H,3-4,10,13H2,1-2H3. The molecular weight excluding hydrogens is 352 g/mol. The van der Waals surface area contributed by atoms with Gasteiger partial charge in [0.05, 0.1) is 12.4 Å². The second-order valence-corrected chi connectivity index (χ2v) is 6.88. The Morgan fingerprint density at radius 3 is 3.00 bits per heavy atom. The highest BCUT2D eigenvalue weighted by atomic mass is 16.5. The highest BCUT2D eigenvalue weighted by Crippen LogP contribution is 2.21. The summed E-state index contributed by atoms with van der Waals surface area (Å²) in [7, 11) is 1.91. The third-order valence-corrected chi connectivity index (χ3v) is 4.56. The Morgan fingerprint density at radius 2 is 2.18 bits per heavy atom. The van der Waals surface area contributed by atoms with E-state index in [1.54, 1.807) is 4.68 Å². The molecule has 144 valence electrons. The van der Waals surface area contributed by atoms with Crippen molar-refractivity contribution >= 4 is 5.69 Å². The van der Waals surface area contributed by atoms with Crippen LogP contribution >= 0.6 is 0 Å². The van der Waals surface area contributed by atoms with Gasteiger partial charge in [0.1, 0.15) is 5.69 Å². The number of nitrogens with zero attached hydrogens (tertiary/aromatic N) is 5. The Kier molecular flexibility index (Phi) is 5.23. The van der Waals surface area contributed by atoms with Crippen LogP contribution in [0.15, 0.2) is 65.2 Å². The summed E-state index contributed by atoms with van der Waals surface area (Å²) >= 11 is 0. The molecule has 0 atom stereocenters. The van der Waals surface area contributed by atoms with Gasteiger partial charge < -0.3 is 4.52 Å². The summed E-state index contributed by atoms with van der Waals surface area (Å²) in [6.07, 6.45) is 13.7. The fourth-order valence-corrected chi connectivity index (χ4v) is 3.10. The monoisotopic (exact) mass is 376 g/mol. The smallest absolute Gasteiger partial charge is 0.226 e. The Balaban J connectivity index is 1.45. The zero-order valence-electron chi connectivity index (χ0n) is 16.2. The predicted octanol–water partition coefficient (Wildman–Crippen LogP) is 3.78. The molecule has 1 aromatic carbocycles. The summed E-state index contributed by atoms with van der Waals surface area (Å²) in [4.78, 5) is 4.52. The number of aryl methyl sites for hydroxylation is 2. The lowest BCUT2D eigenvalue weighted by molar-refractivity contribution is 0.375. The fraction of sp³-hybridized carbons (Fsp3) is 0.286. The maximum atomic E-state index is 5.37. The second-order valence-electron chi connectivity index (χ2n) is 6.88. The van der Waals surface area contributed by atoms with E-state index in [1.807, 2.05) is 48.9 Å². The van der Waals surface area contributed by atoms with Gasteiger partial charge in [-0.1, -0.05) is 36.7 Å². The molecule has 4 rings (SSSR count). The van der Waals surface area contributed by atoms with Crippen LogP contribution in [0.1, 0.15) is 31.2 Å². The number of aromatic nitrogens is 4. The van der Waals surface area contributed by atoms with Crippen LogP contribution in [0.4, 0.5) is 5.69 Å². The SMILES string of the molecule is CCCCc1nc(-c2cccc(CC3=CC=CN(c4cnn(C)c4)N3)c2)no1. The average molecular weight is 376 g/mol. The van der Waals surface area contributed by atoms with Crippen LogP contribution in [0.5, 0.6) is 0 Å². The van der Waals surface area contributed by atoms with E-state index >= 15 is 0 Å². The lowest BCUT2D eigenvalue weighted by Crippen LogP contribution is -2.34. The summed E-state index contributed by atoms with van der Waals surface area (Å²) in [6.45, 7) is 2.15. The number of hydrogen-bond donors (Lipinski definition) is 1. The quantitative estimate of drug-likeness (QED) is 0.677. The normalized spacial score (nSPS) is 13.5. The molecule has 0 saturated heterocycles. The van der Waals surface area contributed by atoms with Gasteiger partial charge in [0, 0.05) is 37.3 Å². The maximum Gasteiger partial charge on any atom is 0.226 e. The molecule has 7 heteroatoms. The van der Waals surface area contributed by atoms with Gasteiger partial charge in [-0.05, 0) is 30.2 Å². The molecule has 0 aliphatic carbocycles. The molecular formula is C21H24N6O. The van der Waals surface area contributed by atoms with Gasteiger partial charge in [-0.3, -0.25) is 15.1 Å². The van der Waals surface area contributed by atoms with E-state index in [0.29, 0.717) is 11.7 Å². The maximum absolute atomic E-state index is 5.37. The van der Waals surface area contributed by atoms with Crippen molar-refractivity contribution in [2.45, 2.75) is 32.6 Å². The molecule has 0 amide bonds. The largest absolute Gasteiger partial charge is 0.339 e. The van der Waals surface area contributed by atoms with Crippen LogP contribution in [0.2, 0.25) is 0 Å². The molecule has 0 radical (unpaired) electrons. The molecule has 2 aromatic heterocycles. The van der Waals surface area contributed by atoms with Gasteiger partial charge in [-0.2, -0.15) is 10.1 Å². The number of allylic oxidation sites excluding steroid dienone is 3. The minimum Gasteiger partial charge on any atom is -0.339 e. The highest BCUT2D eigenvalue weighted by molar-refractivity contribution is 5.56. The van der Waals surface area contributed by atoms with Crippen molar-refractivity contribution in [3.8, 4) is 11.4 Å². The molecule has 1 aliphatic rings. The third-order valence-electron chi connectivity index (χ3n) is 4.56. The van der Waals surface area contributed by atoms with Crippen LogP contribution in [0.3, 0.4) is 0 Å². The van der Waals surface area contributed by atoms with Crippen molar-refractivity contribution in [1.82, 2.24) is 25.3 Å². The zero-order valence-corrected chi connectivity index (χ0v) is 16.2. The van der Waals surface area contributed by atoms with Gasteiger partial charge in [0.25, 0.3) is 0 Å². The van der Waals surface area contributed by atoms with Crippen molar-refractivity contribution in [2.75, 3.05) is 5.01 Å². The highest BCUT2D eigenvalue weighted by Gasteiger charge is 2.12. The molecule has 7 nitrogen and oxygen atoms in total. The van der Waals surface area contributed by atoms with Crippen LogP contribution in [0.25, 0.3) is 11.4 Å². The minimum absolute atomic E-state index is 0.649. The molecule has 3 heterocycles. The zero-order chi connectivity index (χ0) is 19.3. The molecule has 0 unspecified atom stereocenters. The number of anilines is 1. The van der Waals surface area contributed by atoms with Gasteiger partial charge in [0.15, 0.2) is 0 Å². The van der Waals surface area contributed by atoms with Crippen LogP contribution in [0, 0.1) is 0 Å². The van der Waals surface area contributed by atoms with Gasteiger partial charge in [-0.25, -0.2) is 0 Å². The molecule has 3 aromatic rings. The Labute approximate surface area is 164 Å². The molecule has 0 saturated carbocycles. The lowest BCUT2D eigenvalue weighted by Gasteiger charge is -2.25. The van der Waals surface area contributed by atoms with Gasteiger partial charge in [0.2, 0.25) is 11.7 Å². The molecule has 1 N–H and O–H groups in total. The van der Waals surface area contributed by atoms with Crippen molar-refractivity contribution in [1.29, 1.82) is 0 Å². The number of benzene rings is 1. The predicted molar refractivity (Wildman–Crippen MR) is 108 cm³/mol. The second kappa shape index (κ2) is 8.12. The molecule has 1 aliphatic heterocycles. The van der Waals surface area contributed by atoms with Crippen LogP contribution in [-0.2, 0) is 19.9 Å². The Hall–Kier alpha value is -3.35. The summed E-state index contributed by atoms with van der Waals surface area (Å²) in [5.41, 5.74) is 7.66. The van der Waals surface area contributed by atoms with Crippen molar-refractivity contribution in [2.24, 2.45) is 7.05 Å². The number of rotatable bonds is 7. The van der Waals surface area contributed by atoms with E-state index in [2.05, 4.69) is 45.8 Å². The first kappa shape index (κ1) is 18.0. The van der Waals surface area contributed by atoms with E-state index in [-0.39, 0.29) is 0 Å². The fourth-order valence-electron chi connectivity index (χ4n) is 3.10. The number of nitrogens with one attached hydrogen (secondary N) is 1. The molecule has 0 spiro atoms. The molecule has 28 heavy (non-hydrogen) atoms. The van der Waals surface area contributed by atoms with E-state index in [4.69, 9.17) is 4.52 Å². The molecule has 0 fully saturated rings. The third kappa shape index (κ3) is 4.14. The topological polar surface area (TPSA) is 72.0 Å². The Bertz CT molecular complexity index is 1000. The van der Waals surface area contributed by atoms with E-state index in [0.717, 1.165) is 42.6 Å². The van der Waals surface area contributed by atoms with E-state index in [9.17, 15) is 0 Å². The Morgan fingerprint density at radius 1 is 1.25 bits per heavy atom. The van der Waals surface area contributed by atoms with Gasteiger partial charge in [-0.15, -0.1) is 0 Å².